The van der Waals surface area contributed by atoms with Crippen molar-refractivity contribution in [3.63, 3.8) is 0 Å². The third-order valence-corrected chi connectivity index (χ3v) is 5.35. The quantitative estimate of drug-likeness (QED) is 0.534. The standard InChI is InChI=1S/C23H35NO2/c1-17(8-7-9-18(2)13-15-22(25)23(3,4)26)12-14-19-16-24-21-11-6-5-10-20(19)21/h5-6,9-12,19,22,24-26H,7-8,13-16H2,1-4H3. The molecule has 144 valence electrons. The van der Waals surface area contributed by atoms with E-state index < -0.39 is 11.7 Å². The zero-order valence-corrected chi connectivity index (χ0v) is 16.8. The average molecular weight is 358 g/mol. The van der Waals surface area contributed by atoms with Crippen LogP contribution in [-0.2, 0) is 0 Å². The van der Waals surface area contributed by atoms with Gasteiger partial charge in [0.1, 0.15) is 0 Å². The number of hydrogen-bond acceptors (Lipinski definition) is 3. The zero-order valence-electron chi connectivity index (χ0n) is 16.8. The van der Waals surface area contributed by atoms with Gasteiger partial charge in [0.2, 0.25) is 0 Å². The molecule has 1 aromatic rings. The van der Waals surface area contributed by atoms with Gasteiger partial charge in [-0.15, -0.1) is 0 Å². The molecule has 2 unspecified atom stereocenters. The van der Waals surface area contributed by atoms with Crippen LogP contribution in [0.1, 0.15) is 71.3 Å². The van der Waals surface area contributed by atoms with Crippen molar-refractivity contribution in [3.8, 4) is 0 Å². The first-order chi connectivity index (χ1) is 12.3. The summed E-state index contributed by atoms with van der Waals surface area (Å²) in [4.78, 5) is 0. The summed E-state index contributed by atoms with van der Waals surface area (Å²) in [6.07, 6.45) is 8.62. The Kier molecular flexibility index (Phi) is 7.48. The molecule has 0 saturated carbocycles. The second-order valence-electron chi connectivity index (χ2n) is 8.25. The normalized spacial score (nSPS) is 19.2. The summed E-state index contributed by atoms with van der Waals surface area (Å²) >= 11 is 0. The molecule has 0 amide bonds. The van der Waals surface area contributed by atoms with Gasteiger partial charge in [-0.25, -0.2) is 0 Å². The van der Waals surface area contributed by atoms with Crippen molar-refractivity contribution in [2.45, 2.75) is 77.4 Å². The van der Waals surface area contributed by atoms with Crippen LogP contribution in [0.2, 0.25) is 0 Å². The number of fused-ring (bicyclic) bond motifs is 1. The maximum atomic E-state index is 9.90. The van der Waals surface area contributed by atoms with E-state index >= 15 is 0 Å². The number of para-hydroxylation sites is 1. The van der Waals surface area contributed by atoms with Crippen molar-refractivity contribution in [2.75, 3.05) is 11.9 Å². The molecule has 3 N–H and O–H groups in total. The molecule has 26 heavy (non-hydrogen) atoms. The Hall–Kier alpha value is -1.58. The Morgan fingerprint density at radius 1 is 1.19 bits per heavy atom. The number of hydrogen-bond donors (Lipinski definition) is 3. The minimum Gasteiger partial charge on any atom is -0.390 e. The molecule has 2 atom stereocenters. The van der Waals surface area contributed by atoms with E-state index in [9.17, 15) is 10.2 Å². The fraction of sp³-hybridized carbons (Fsp3) is 0.565. The molecule has 0 saturated heterocycles. The van der Waals surface area contributed by atoms with Gasteiger partial charge in [0.15, 0.2) is 0 Å². The lowest BCUT2D eigenvalue weighted by Crippen LogP contribution is -2.35. The Morgan fingerprint density at radius 3 is 2.62 bits per heavy atom. The highest BCUT2D eigenvalue weighted by Gasteiger charge is 2.23. The minimum absolute atomic E-state index is 0.585. The molecule has 1 aliphatic rings. The third kappa shape index (κ3) is 6.30. The lowest BCUT2D eigenvalue weighted by molar-refractivity contribution is -0.0509. The Balaban J connectivity index is 1.73. The van der Waals surface area contributed by atoms with E-state index in [0.29, 0.717) is 12.3 Å². The third-order valence-electron chi connectivity index (χ3n) is 5.35. The highest BCUT2D eigenvalue weighted by atomic mass is 16.3. The fourth-order valence-corrected chi connectivity index (χ4v) is 3.38. The van der Waals surface area contributed by atoms with Crippen molar-refractivity contribution >= 4 is 5.69 Å². The van der Waals surface area contributed by atoms with Gasteiger partial charge in [-0.3, -0.25) is 0 Å². The van der Waals surface area contributed by atoms with Crippen LogP contribution in [-0.4, -0.2) is 28.5 Å². The molecule has 0 aromatic heterocycles. The van der Waals surface area contributed by atoms with Gasteiger partial charge in [-0.2, -0.15) is 0 Å². The number of anilines is 1. The molecule has 0 bridgehead atoms. The minimum atomic E-state index is -1.02. The molecule has 0 radical (unpaired) electrons. The summed E-state index contributed by atoms with van der Waals surface area (Å²) in [7, 11) is 0. The van der Waals surface area contributed by atoms with E-state index in [-0.39, 0.29) is 0 Å². The van der Waals surface area contributed by atoms with Gasteiger partial charge in [0.05, 0.1) is 11.7 Å². The summed E-state index contributed by atoms with van der Waals surface area (Å²) in [6.45, 7) is 8.67. The van der Waals surface area contributed by atoms with E-state index in [4.69, 9.17) is 0 Å². The molecular formula is C23H35NO2. The Bertz CT molecular complexity index is 640. The maximum Gasteiger partial charge on any atom is 0.0849 e. The van der Waals surface area contributed by atoms with Crippen molar-refractivity contribution in [1.29, 1.82) is 0 Å². The van der Waals surface area contributed by atoms with Crippen molar-refractivity contribution in [3.05, 3.63) is 53.1 Å². The number of nitrogens with one attached hydrogen (secondary N) is 1. The molecule has 3 nitrogen and oxygen atoms in total. The molecule has 0 aliphatic carbocycles. The van der Waals surface area contributed by atoms with Gasteiger partial charge < -0.3 is 15.5 Å². The van der Waals surface area contributed by atoms with Gasteiger partial charge in [-0.05, 0) is 71.4 Å². The van der Waals surface area contributed by atoms with Crippen LogP contribution in [0.25, 0.3) is 0 Å². The van der Waals surface area contributed by atoms with Crippen LogP contribution in [0.3, 0.4) is 0 Å². The number of benzene rings is 1. The van der Waals surface area contributed by atoms with Gasteiger partial charge >= 0.3 is 0 Å². The Morgan fingerprint density at radius 2 is 1.88 bits per heavy atom. The predicted molar refractivity (Wildman–Crippen MR) is 111 cm³/mol. The molecule has 0 spiro atoms. The smallest absolute Gasteiger partial charge is 0.0849 e. The van der Waals surface area contributed by atoms with Crippen LogP contribution in [0, 0.1) is 0 Å². The number of allylic oxidation sites excluding steroid dienone is 4. The second kappa shape index (κ2) is 9.38. The summed E-state index contributed by atoms with van der Waals surface area (Å²) in [5.74, 6) is 0.585. The lowest BCUT2D eigenvalue weighted by atomic mass is 9.95. The zero-order chi connectivity index (χ0) is 19.2. The monoisotopic (exact) mass is 357 g/mol. The summed E-state index contributed by atoms with van der Waals surface area (Å²) < 4.78 is 0. The van der Waals surface area contributed by atoms with Crippen molar-refractivity contribution in [1.82, 2.24) is 0 Å². The first-order valence-corrected chi connectivity index (χ1v) is 9.82. The predicted octanol–water partition coefficient (Wildman–Crippen LogP) is 5.17. The molecule has 1 heterocycles. The van der Waals surface area contributed by atoms with Crippen LogP contribution >= 0.6 is 0 Å². The molecule has 3 heteroatoms. The molecular weight excluding hydrogens is 322 g/mol. The number of aliphatic hydroxyl groups is 2. The fourth-order valence-electron chi connectivity index (χ4n) is 3.38. The van der Waals surface area contributed by atoms with E-state index in [1.807, 2.05) is 0 Å². The maximum absolute atomic E-state index is 9.90. The van der Waals surface area contributed by atoms with Gasteiger partial charge in [0.25, 0.3) is 0 Å². The van der Waals surface area contributed by atoms with E-state index in [1.54, 1.807) is 13.8 Å². The largest absolute Gasteiger partial charge is 0.390 e. The topological polar surface area (TPSA) is 52.5 Å². The highest BCUT2D eigenvalue weighted by Crippen LogP contribution is 2.33. The van der Waals surface area contributed by atoms with Gasteiger partial charge in [0, 0.05) is 18.2 Å². The SMILES string of the molecule is CC(=CCC1CNc2ccccc21)CCC=C(C)CCC(O)C(C)(C)O. The number of aliphatic hydroxyl groups excluding tert-OH is 1. The first kappa shape index (κ1) is 20.7. The summed E-state index contributed by atoms with van der Waals surface area (Å²) in [5, 5.41) is 23.2. The van der Waals surface area contributed by atoms with E-state index in [0.717, 1.165) is 32.2 Å². The van der Waals surface area contributed by atoms with Crippen molar-refractivity contribution in [2.24, 2.45) is 0 Å². The van der Waals surface area contributed by atoms with Gasteiger partial charge in [-0.1, -0.05) is 41.5 Å². The molecule has 1 aromatic carbocycles. The average Bonchev–Trinajstić information content (AvgIpc) is 3.00. The lowest BCUT2D eigenvalue weighted by Gasteiger charge is -2.24. The van der Waals surface area contributed by atoms with E-state index in [1.165, 1.54) is 22.4 Å². The first-order valence-electron chi connectivity index (χ1n) is 9.82. The molecule has 2 rings (SSSR count). The van der Waals surface area contributed by atoms with E-state index in [2.05, 4.69) is 55.6 Å². The van der Waals surface area contributed by atoms with Crippen LogP contribution in [0.5, 0.6) is 0 Å². The molecule has 0 fully saturated rings. The summed E-state index contributed by atoms with van der Waals surface area (Å²) in [6, 6.07) is 8.61. The second-order valence-corrected chi connectivity index (χ2v) is 8.25. The molecule has 1 aliphatic heterocycles. The highest BCUT2D eigenvalue weighted by molar-refractivity contribution is 5.57. The van der Waals surface area contributed by atoms with Crippen LogP contribution in [0.4, 0.5) is 5.69 Å². The Labute approximate surface area is 158 Å². The number of rotatable bonds is 9. The summed E-state index contributed by atoms with van der Waals surface area (Å²) in [5.41, 5.74) is 4.44. The van der Waals surface area contributed by atoms with Crippen LogP contribution in [0.15, 0.2) is 47.6 Å². The van der Waals surface area contributed by atoms with Crippen LogP contribution < -0.4 is 5.32 Å². The van der Waals surface area contributed by atoms with Crippen molar-refractivity contribution < 1.29 is 10.2 Å².